The van der Waals surface area contributed by atoms with Gasteiger partial charge in [-0.3, -0.25) is 9.36 Å². The highest BCUT2D eigenvalue weighted by Crippen LogP contribution is 2.20. The van der Waals surface area contributed by atoms with Gasteiger partial charge in [0.15, 0.2) is 0 Å². The molecule has 1 aromatic heterocycles. The summed E-state index contributed by atoms with van der Waals surface area (Å²) >= 11 is 0. The van der Waals surface area contributed by atoms with E-state index in [1.807, 2.05) is 48.5 Å². The second-order valence-corrected chi connectivity index (χ2v) is 5.97. The molecular formula is C21H18N2O2. The van der Waals surface area contributed by atoms with E-state index < -0.39 is 0 Å². The average Bonchev–Trinajstić information content (AvgIpc) is 2.67. The Labute approximate surface area is 145 Å². The molecule has 0 unspecified atom stereocenters. The van der Waals surface area contributed by atoms with Crippen molar-refractivity contribution >= 4 is 21.7 Å². The van der Waals surface area contributed by atoms with E-state index in [1.54, 1.807) is 10.9 Å². The molecule has 4 heteroatoms. The Morgan fingerprint density at radius 1 is 0.920 bits per heavy atom. The highest BCUT2D eigenvalue weighted by molar-refractivity contribution is 5.83. The van der Waals surface area contributed by atoms with Crippen molar-refractivity contribution in [2.75, 3.05) is 6.61 Å². The molecule has 4 aromatic rings. The molecule has 0 aliphatic heterocycles. The molecule has 0 saturated carbocycles. The lowest BCUT2D eigenvalue weighted by molar-refractivity contribution is 0.301. The standard InChI is InChI=1S/C21H18N2O2/c24-21-19-8-3-4-9-20(19)22-15-23(21)12-5-13-25-18-11-10-16-6-1-2-7-17(16)14-18/h1-4,6-11,14-15H,5,12-13H2. The Bertz CT molecular complexity index is 1090. The monoisotopic (exact) mass is 330 g/mol. The second-order valence-electron chi connectivity index (χ2n) is 5.97. The van der Waals surface area contributed by atoms with Crippen molar-refractivity contribution in [3.8, 4) is 5.75 Å². The molecule has 0 radical (unpaired) electrons. The smallest absolute Gasteiger partial charge is 0.261 e. The SMILES string of the molecule is O=c1c2ccccc2ncn1CCCOc1ccc2ccccc2c1. The van der Waals surface area contributed by atoms with Crippen LogP contribution in [0.4, 0.5) is 0 Å². The summed E-state index contributed by atoms with van der Waals surface area (Å²) in [5, 5.41) is 3.01. The molecule has 25 heavy (non-hydrogen) atoms. The van der Waals surface area contributed by atoms with E-state index in [0.29, 0.717) is 18.5 Å². The normalized spacial score (nSPS) is 11.0. The van der Waals surface area contributed by atoms with Crippen LogP contribution in [0.15, 0.2) is 77.9 Å². The van der Waals surface area contributed by atoms with Gasteiger partial charge in [-0.2, -0.15) is 0 Å². The van der Waals surface area contributed by atoms with Crippen molar-refractivity contribution in [1.29, 1.82) is 0 Å². The quantitative estimate of drug-likeness (QED) is 0.519. The minimum Gasteiger partial charge on any atom is -0.494 e. The van der Waals surface area contributed by atoms with Gasteiger partial charge in [0, 0.05) is 6.54 Å². The Kier molecular flexibility index (Phi) is 4.17. The molecule has 0 spiro atoms. The van der Waals surface area contributed by atoms with Crippen LogP contribution in [0.2, 0.25) is 0 Å². The number of benzene rings is 3. The van der Waals surface area contributed by atoms with Crippen LogP contribution in [0.25, 0.3) is 21.7 Å². The van der Waals surface area contributed by atoms with E-state index in [1.165, 1.54) is 5.39 Å². The number of para-hydroxylation sites is 1. The lowest BCUT2D eigenvalue weighted by atomic mass is 10.1. The van der Waals surface area contributed by atoms with Gasteiger partial charge in [-0.1, -0.05) is 42.5 Å². The summed E-state index contributed by atoms with van der Waals surface area (Å²) < 4.78 is 7.47. The van der Waals surface area contributed by atoms with Crippen molar-refractivity contribution in [2.45, 2.75) is 13.0 Å². The highest BCUT2D eigenvalue weighted by Gasteiger charge is 2.03. The Morgan fingerprint density at radius 3 is 2.64 bits per heavy atom. The molecule has 0 aliphatic rings. The highest BCUT2D eigenvalue weighted by atomic mass is 16.5. The zero-order chi connectivity index (χ0) is 17.1. The predicted molar refractivity (Wildman–Crippen MR) is 100 cm³/mol. The third kappa shape index (κ3) is 3.24. The van der Waals surface area contributed by atoms with E-state index in [4.69, 9.17) is 4.74 Å². The third-order valence-corrected chi connectivity index (χ3v) is 4.26. The molecule has 0 N–H and O–H groups in total. The van der Waals surface area contributed by atoms with Crippen molar-refractivity contribution in [1.82, 2.24) is 9.55 Å². The number of aromatic nitrogens is 2. The van der Waals surface area contributed by atoms with E-state index in [9.17, 15) is 4.79 Å². The second kappa shape index (κ2) is 6.77. The number of aryl methyl sites for hydroxylation is 1. The fourth-order valence-corrected chi connectivity index (χ4v) is 2.95. The predicted octanol–water partition coefficient (Wildman–Crippen LogP) is 4.02. The number of hydrogen-bond donors (Lipinski definition) is 0. The first-order valence-corrected chi connectivity index (χ1v) is 8.37. The zero-order valence-corrected chi connectivity index (χ0v) is 13.8. The summed E-state index contributed by atoms with van der Waals surface area (Å²) in [5.74, 6) is 0.850. The molecule has 0 atom stereocenters. The molecular weight excluding hydrogens is 312 g/mol. The lowest BCUT2D eigenvalue weighted by Crippen LogP contribution is -2.21. The third-order valence-electron chi connectivity index (χ3n) is 4.26. The van der Waals surface area contributed by atoms with E-state index in [2.05, 4.69) is 23.2 Å². The maximum atomic E-state index is 12.4. The van der Waals surface area contributed by atoms with Gasteiger partial charge in [-0.05, 0) is 41.5 Å². The number of ether oxygens (including phenoxy) is 1. The van der Waals surface area contributed by atoms with E-state index in [0.717, 1.165) is 23.1 Å². The van der Waals surface area contributed by atoms with Gasteiger partial charge in [0.05, 0.1) is 23.8 Å². The summed E-state index contributed by atoms with van der Waals surface area (Å²) in [4.78, 5) is 16.8. The van der Waals surface area contributed by atoms with Gasteiger partial charge in [-0.15, -0.1) is 0 Å². The summed E-state index contributed by atoms with van der Waals surface area (Å²) in [6, 6.07) is 21.7. The summed E-state index contributed by atoms with van der Waals surface area (Å²) in [7, 11) is 0. The molecule has 0 bridgehead atoms. The molecule has 0 aliphatic carbocycles. The van der Waals surface area contributed by atoms with Crippen LogP contribution in [-0.4, -0.2) is 16.2 Å². The van der Waals surface area contributed by atoms with Crippen LogP contribution in [0.1, 0.15) is 6.42 Å². The molecule has 3 aromatic carbocycles. The van der Waals surface area contributed by atoms with Crippen LogP contribution >= 0.6 is 0 Å². The summed E-state index contributed by atoms with van der Waals surface area (Å²) in [6.07, 6.45) is 2.35. The molecule has 4 nitrogen and oxygen atoms in total. The van der Waals surface area contributed by atoms with Gasteiger partial charge >= 0.3 is 0 Å². The van der Waals surface area contributed by atoms with E-state index >= 15 is 0 Å². The molecule has 124 valence electrons. The molecule has 0 amide bonds. The number of nitrogens with zero attached hydrogens (tertiary/aromatic N) is 2. The van der Waals surface area contributed by atoms with Gasteiger partial charge < -0.3 is 4.74 Å². The Hall–Kier alpha value is -3.14. The van der Waals surface area contributed by atoms with Gasteiger partial charge in [0.2, 0.25) is 0 Å². The fraction of sp³-hybridized carbons (Fsp3) is 0.143. The Balaban J connectivity index is 1.40. The topological polar surface area (TPSA) is 44.1 Å². The van der Waals surface area contributed by atoms with Crippen molar-refractivity contribution in [3.63, 3.8) is 0 Å². The van der Waals surface area contributed by atoms with Gasteiger partial charge in [-0.25, -0.2) is 4.98 Å². The molecule has 4 rings (SSSR count). The number of rotatable bonds is 5. The first kappa shape index (κ1) is 15.4. The van der Waals surface area contributed by atoms with Crippen LogP contribution in [0.5, 0.6) is 5.75 Å². The molecule has 0 fully saturated rings. The minimum absolute atomic E-state index is 0.00342. The summed E-state index contributed by atoms with van der Waals surface area (Å²) in [5.41, 5.74) is 0.729. The van der Waals surface area contributed by atoms with Crippen LogP contribution in [-0.2, 0) is 6.54 Å². The van der Waals surface area contributed by atoms with Gasteiger partial charge in [0.25, 0.3) is 5.56 Å². The Morgan fingerprint density at radius 2 is 1.72 bits per heavy atom. The van der Waals surface area contributed by atoms with Crippen LogP contribution < -0.4 is 10.3 Å². The lowest BCUT2D eigenvalue weighted by Gasteiger charge is -2.09. The fourth-order valence-electron chi connectivity index (χ4n) is 2.95. The first-order valence-electron chi connectivity index (χ1n) is 8.37. The zero-order valence-electron chi connectivity index (χ0n) is 13.8. The minimum atomic E-state index is -0.00342. The van der Waals surface area contributed by atoms with Crippen molar-refractivity contribution in [3.05, 3.63) is 83.4 Å². The molecule has 0 saturated heterocycles. The van der Waals surface area contributed by atoms with Crippen LogP contribution in [0, 0.1) is 0 Å². The van der Waals surface area contributed by atoms with E-state index in [-0.39, 0.29) is 5.56 Å². The van der Waals surface area contributed by atoms with Crippen LogP contribution in [0.3, 0.4) is 0 Å². The number of hydrogen-bond acceptors (Lipinski definition) is 3. The largest absolute Gasteiger partial charge is 0.494 e. The maximum Gasteiger partial charge on any atom is 0.261 e. The average molecular weight is 330 g/mol. The van der Waals surface area contributed by atoms with Crippen molar-refractivity contribution < 1.29 is 4.74 Å². The van der Waals surface area contributed by atoms with Crippen molar-refractivity contribution in [2.24, 2.45) is 0 Å². The maximum absolute atomic E-state index is 12.4. The first-order chi connectivity index (χ1) is 12.3. The molecule has 1 heterocycles. The van der Waals surface area contributed by atoms with Gasteiger partial charge in [0.1, 0.15) is 5.75 Å². The number of fused-ring (bicyclic) bond motifs is 2. The summed E-state index contributed by atoms with van der Waals surface area (Å²) in [6.45, 7) is 1.14.